The van der Waals surface area contributed by atoms with Gasteiger partial charge in [-0.05, 0) is 31.9 Å². The molecule has 1 fully saturated rings. The van der Waals surface area contributed by atoms with Gasteiger partial charge in [-0.25, -0.2) is 0 Å². The monoisotopic (exact) mass is 306 g/mol. The Morgan fingerprint density at radius 2 is 2.14 bits per heavy atom. The van der Waals surface area contributed by atoms with E-state index in [9.17, 15) is 4.79 Å². The lowest BCUT2D eigenvalue weighted by molar-refractivity contribution is -0.129. The summed E-state index contributed by atoms with van der Waals surface area (Å²) in [6.07, 6.45) is 3.82. The molecule has 3 heterocycles. The molecule has 0 radical (unpaired) electrons. The van der Waals surface area contributed by atoms with E-state index in [0.29, 0.717) is 11.6 Å². The van der Waals surface area contributed by atoms with Crippen LogP contribution >= 0.6 is 11.8 Å². The second-order valence-electron chi connectivity index (χ2n) is 5.13. The molecule has 0 saturated carbocycles. The molecule has 0 unspecified atom stereocenters. The van der Waals surface area contributed by atoms with E-state index < -0.39 is 0 Å². The van der Waals surface area contributed by atoms with Crippen molar-refractivity contribution in [2.75, 3.05) is 13.1 Å². The van der Waals surface area contributed by atoms with Crippen LogP contribution in [-0.4, -0.2) is 43.9 Å². The molecule has 0 N–H and O–H groups in total. The minimum Gasteiger partial charge on any atom is -0.461 e. The average molecular weight is 306 g/mol. The van der Waals surface area contributed by atoms with Gasteiger partial charge in [0.15, 0.2) is 16.7 Å². The van der Waals surface area contributed by atoms with Gasteiger partial charge >= 0.3 is 0 Å². The second-order valence-corrected chi connectivity index (χ2v) is 6.44. The predicted molar refractivity (Wildman–Crippen MR) is 79.8 cm³/mol. The van der Waals surface area contributed by atoms with Crippen LogP contribution in [0.25, 0.3) is 11.6 Å². The van der Waals surface area contributed by atoms with Crippen LogP contribution in [0.1, 0.15) is 19.8 Å². The zero-order valence-corrected chi connectivity index (χ0v) is 13.0. The topological polar surface area (TPSA) is 64.2 Å². The van der Waals surface area contributed by atoms with Crippen LogP contribution in [0.5, 0.6) is 0 Å². The number of carbonyl (C=O) groups is 1. The third kappa shape index (κ3) is 2.83. The first-order chi connectivity index (χ1) is 10.2. The van der Waals surface area contributed by atoms with Gasteiger partial charge < -0.3 is 13.9 Å². The molecule has 0 bridgehead atoms. The summed E-state index contributed by atoms with van der Waals surface area (Å²) in [5.41, 5.74) is 0. The van der Waals surface area contributed by atoms with Gasteiger partial charge in [0.2, 0.25) is 5.91 Å². The molecular formula is C14H18N4O2S. The molecule has 0 aliphatic carbocycles. The van der Waals surface area contributed by atoms with E-state index in [0.717, 1.165) is 31.1 Å². The molecule has 2 aromatic rings. The maximum absolute atomic E-state index is 12.3. The summed E-state index contributed by atoms with van der Waals surface area (Å²) in [6.45, 7) is 3.67. The standard InChI is InChI=1S/C14H18N4O2S/c1-10(13(19)18-7-3-4-8-18)21-14-16-15-12(17(14)2)11-6-5-9-20-11/h5-6,9-10H,3-4,7-8H2,1-2H3/t10-/m0/s1. The van der Waals surface area contributed by atoms with Gasteiger partial charge in [-0.2, -0.15) is 0 Å². The Hall–Kier alpha value is -1.76. The lowest BCUT2D eigenvalue weighted by Crippen LogP contribution is -2.34. The van der Waals surface area contributed by atoms with Crippen LogP contribution < -0.4 is 0 Å². The molecule has 21 heavy (non-hydrogen) atoms. The Morgan fingerprint density at radius 1 is 1.38 bits per heavy atom. The van der Waals surface area contributed by atoms with Gasteiger partial charge in [-0.15, -0.1) is 10.2 Å². The smallest absolute Gasteiger partial charge is 0.235 e. The molecule has 2 aromatic heterocycles. The van der Waals surface area contributed by atoms with Crippen LogP contribution in [0.2, 0.25) is 0 Å². The third-order valence-electron chi connectivity index (χ3n) is 3.62. The van der Waals surface area contributed by atoms with Crippen LogP contribution in [-0.2, 0) is 11.8 Å². The largest absolute Gasteiger partial charge is 0.461 e. The number of likely N-dealkylation sites (tertiary alicyclic amines) is 1. The molecule has 1 aliphatic rings. The van der Waals surface area contributed by atoms with Gasteiger partial charge in [0, 0.05) is 20.1 Å². The van der Waals surface area contributed by atoms with E-state index >= 15 is 0 Å². The van der Waals surface area contributed by atoms with Crippen molar-refractivity contribution in [1.82, 2.24) is 19.7 Å². The fourth-order valence-electron chi connectivity index (χ4n) is 2.44. The number of carbonyl (C=O) groups excluding carboxylic acids is 1. The number of aromatic nitrogens is 3. The lowest BCUT2D eigenvalue weighted by Gasteiger charge is -2.19. The summed E-state index contributed by atoms with van der Waals surface area (Å²) < 4.78 is 7.20. The number of nitrogens with zero attached hydrogens (tertiary/aromatic N) is 4. The van der Waals surface area contributed by atoms with Gasteiger partial charge in [-0.1, -0.05) is 11.8 Å². The average Bonchev–Trinajstić information content (AvgIpc) is 3.20. The number of amides is 1. The number of thioether (sulfide) groups is 1. The Kier molecular flexibility index (Phi) is 4.01. The number of rotatable bonds is 4. The number of hydrogen-bond acceptors (Lipinski definition) is 5. The van der Waals surface area contributed by atoms with E-state index in [4.69, 9.17) is 4.42 Å². The summed E-state index contributed by atoms with van der Waals surface area (Å²) in [5.74, 6) is 1.53. The highest BCUT2D eigenvalue weighted by Crippen LogP contribution is 2.27. The zero-order chi connectivity index (χ0) is 14.8. The van der Waals surface area contributed by atoms with E-state index in [2.05, 4.69) is 10.2 Å². The van der Waals surface area contributed by atoms with Gasteiger partial charge in [-0.3, -0.25) is 4.79 Å². The van der Waals surface area contributed by atoms with Crippen molar-refractivity contribution in [2.45, 2.75) is 30.2 Å². The highest BCUT2D eigenvalue weighted by molar-refractivity contribution is 8.00. The molecule has 6 nitrogen and oxygen atoms in total. The highest BCUT2D eigenvalue weighted by atomic mass is 32.2. The summed E-state index contributed by atoms with van der Waals surface area (Å²) in [4.78, 5) is 14.3. The predicted octanol–water partition coefficient (Wildman–Crippen LogP) is 2.18. The molecule has 1 atom stereocenters. The molecule has 1 aliphatic heterocycles. The Morgan fingerprint density at radius 3 is 2.81 bits per heavy atom. The first-order valence-corrected chi connectivity index (χ1v) is 7.93. The summed E-state index contributed by atoms with van der Waals surface area (Å²) in [5, 5.41) is 8.87. The Labute approximate surface area is 127 Å². The Bertz CT molecular complexity index is 617. The molecule has 7 heteroatoms. The first-order valence-electron chi connectivity index (χ1n) is 7.05. The molecular weight excluding hydrogens is 288 g/mol. The van der Waals surface area contributed by atoms with Crippen molar-refractivity contribution in [2.24, 2.45) is 7.05 Å². The van der Waals surface area contributed by atoms with Crippen LogP contribution in [0.4, 0.5) is 0 Å². The van der Waals surface area contributed by atoms with E-state index in [-0.39, 0.29) is 11.2 Å². The van der Waals surface area contributed by atoms with Crippen molar-refractivity contribution in [3.8, 4) is 11.6 Å². The molecule has 0 aromatic carbocycles. The zero-order valence-electron chi connectivity index (χ0n) is 12.2. The van der Waals surface area contributed by atoms with Crippen LogP contribution in [0, 0.1) is 0 Å². The van der Waals surface area contributed by atoms with Crippen molar-refractivity contribution >= 4 is 17.7 Å². The van der Waals surface area contributed by atoms with Crippen molar-refractivity contribution in [3.63, 3.8) is 0 Å². The second kappa shape index (κ2) is 5.93. The highest BCUT2D eigenvalue weighted by Gasteiger charge is 2.26. The molecule has 112 valence electrons. The Balaban J connectivity index is 1.71. The van der Waals surface area contributed by atoms with Crippen molar-refractivity contribution in [1.29, 1.82) is 0 Å². The van der Waals surface area contributed by atoms with Crippen molar-refractivity contribution < 1.29 is 9.21 Å². The molecule has 3 rings (SSSR count). The molecule has 1 amide bonds. The number of hydrogen-bond donors (Lipinski definition) is 0. The van der Waals surface area contributed by atoms with Crippen molar-refractivity contribution in [3.05, 3.63) is 18.4 Å². The van der Waals surface area contributed by atoms with E-state index in [1.54, 1.807) is 6.26 Å². The maximum Gasteiger partial charge on any atom is 0.235 e. The quantitative estimate of drug-likeness (QED) is 0.810. The number of furan rings is 1. The van der Waals surface area contributed by atoms with Gasteiger partial charge in [0.1, 0.15) is 0 Å². The minimum absolute atomic E-state index is 0.157. The summed E-state index contributed by atoms with van der Waals surface area (Å²) in [7, 11) is 1.88. The van der Waals surface area contributed by atoms with E-state index in [1.165, 1.54) is 11.8 Å². The van der Waals surface area contributed by atoms with Gasteiger partial charge in [0.05, 0.1) is 11.5 Å². The SMILES string of the molecule is C[C@H](Sc1nnc(-c2ccco2)n1C)C(=O)N1CCCC1. The fourth-order valence-corrected chi connectivity index (χ4v) is 3.34. The first kappa shape index (κ1) is 14.2. The lowest BCUT2D eigenvalue weighted by atomic mass is 10.4. The summed E-state index contributed by atoms with van der Waals surface area (Å²) in [6, 6.07) is 3.66. The van der Waals surface area contributed by atoms with Gasteiger partial charge in [0.25, 0.3) is 0 Å². The third-order valence-corrected chi connectivity index (χ3v) is 4.75. The maximum atomic E-state index is 12.3. The van der Waals surface area contributed by atoms with E-state index in [1.807, 2.05) is 35.6 Å². The molecule has 0 spiro atoms. The molecule has 1 saturated heterocycles. The normalized spacial score (nSPS) is 16.4. The van der Waals surface area contributed by atoms with Crippen LogP contribution in [0.15, 0.2) is 28.0 Å². The fraction of sp³-hybridized carbons (Fsp3) is 0.500. The minimum atomic E-state index is -0.157. The summed E-state index contributed by atoms with van der Waals surface area (Å²) >= 11 is 1.44. The van der Waals surface area contributed by atoms with Crippen LogP contribution in [0.3, 0.4) is 0 Å².